The van der Waals surface area contributed by atoms with E-state index in [2.05, 4.69) is 4.98 Å². The van der Waals surface area contributed by atoms with Gasteiger partial charge in [-0.25, -0.2) is 0 Å². The molecule has 1 aromatic heterocycles. The fourth-order valence-corrected chi connectivity index (χ4v) is 1.36. The lowest BCUT2D eigenvalue weighted by Gasteiger charge is -2.01. The van der Waals surface area contributed by atoms with Crippen LogP contribution in [0.5, 0.6) is 0 Å². The second kappa shape index (κ2) is 2.62. The van der Waals surface area contributed by atoms with Gasteiger partial charge in [0.1, 0.15) is 0 Å². The first-order valence-electron chi connectivity index (χ1n) is 4.06. The molecular formula is C10H10N2O. The Bertz CT molecular complexity index is 514. The molecule has 0 aliphatic heterocycles. The SMILES string of the molecule is Cc1cc2c(=O)[nH]ccc2cc1N. The van der Waals surface area contributed by atoms with Crippen LogP contribution in [0.4, 0.5) is 5.69 Å². The van der Waals surface area contributed by atoms with Crippen molar-refractivity contribution >= 4 is 16.5 Å². The molecule has 13 heavy (non-hydrogen) atoms. The first-order chi connectivity index (χ1) is 6.18. The summed E-state index contributed by atoms with van der Waals surface area (Å²) in [6, 6.07) is 5.47. The van der Waals surface area contributed by atoms with Crippen LogP contribution in [0.15, 0.2) is 29.2 Å². The van der Waals surface area contributed by atoms with Crippen LogP contribution in [-0.2, 0) is 0 Å². The molecule has 0 aliphatic rings. The molecule has 0 amide bonds. The summed E-state index contributed by atoms with van der Waals surface area (Å²) in [6.07, 6.45) is 1.62. The van der Waals surface area contributed by atoms with E-state index in [1.165, 1.54) is 0 Å². The van der Waals surface area contributed by atoms with Gasteiger partial charge >= 0.3 is 0 Å². The number of benzene rings is 1. The van der Waals surface area contributed by atoms with Gasteiger partial charge in [-0.2, -0.15) is 0 Å². The zero-order valence-electron chi connectivity index (χ0n) is 7.29. The molecule has 2 rings (SSSR count). The predicted octanol–water partition coefficient (Wildman–Crippen LogP) is 1.42. The van der Waals surface area contributed by atoms with Crippen LogP contribution in [0.2, 0.25) is 0 Å². The van der Waals surface area contributed by atoms with Gasteiger partial charge in [-0.05, 0) is 36.1 Å². The van der Waals surface area contributed by atoms with Crippen LogP contribution in [0.1, 0.15) is 5.56 Å². The first-order valence-corrected chi connectivity index (χ1v) is 4.06. The molecule has 3 heteroatoms. The van der Waals surface area contributed by atoms with E-state index in [9.17, 15) is 4.79 Å². The molecule has 3 N–H and O–H groups in total. The Balaban J connectivity index is 2.97. The summed E-state index contributed by atoms with van der Waals surface area (Å²) in [4.78, 5) is 14.0. The van der Waals surface area contributed by atoms with E-state index >= 15 is 0 Å². The topological polar surface area (TPSA) is 58.9 Å². The minimum absolute atomic E-state index is 0.0689. The Kier molecular flexibility index (Phi) is 1.59. The highest BCUT2D eigenvalue weighted by molar-refractivity contribution is 5.85. The summed E-state index contributed by atoms with van der Waals surface area (Å²) in [7, 11) is 0. The number of nitrogens with two attached hydrogens (primary N) is 1. The molecule has 0 saturated heterocycles. The van der Waals surface area contributed by atoms with Gasteiger partial charge in [0.05, 0.1) is 0 Å². The van der Waals surface area contributed by atoms with E-state index in [0.29, 0.717) is 5.39 Å². The summed E-state index contributed by atoms with van der Waals surface area (Å²) < 4.78 is 0. The maximum Gasteiger partial charge on any atom is 0.255 e. The molecule has 66 valence electrons. The minimum Gasteiger partial charge on any atom is -0.398 e. The number of nitrogens with one attached hydrogen (secondary N) is 1. The van der Waals surface area contributed by atoms with Gasteiger partial charge in [-0.1, -0.05) is 0 Å². The number of anilines is 1. The van der Waals surface area contributed by atoms with Crippen molar-refractivity contribution < 1.29 is 0 Å². The van der Waals surface area contributed by atoms with E-state index in [4.69, 9.17) is 5.73 Å². The van der Waals surface area contributed by atoms with Crippen molar-refractivity contribution in [2.45, 2.75) is 6.92 Å². The number of rotatable bonds is 0. The Hall–Kier alpha value is -1.77. The van der Waals surface area contributed by atoms with Gasteiger partial charge in [0.15, 0.2) is 0 Å². The van der Waals surface area contributed by atoms with Gasteiger partial charge in [0.25, 0.3) is 5.56 Å². The number of aromatic amines is 1. The highest BCUT2D eigenvalue weighted by Gasteiger charge is 2.00. The summed E-state index contributed by atoms with van der Waals surface area (Å²) >= 11 is 0. The maximum absolute atomic E-state index is 11.3. The van der Waals surface area contributed by atoms with Crippen LogP contribution in [0.3, 0.4) is 0 Å². The van der Waals surface area contributed by atoms with Crippen LogP contribution in [0.25, 0.3) is 10.8 Å². The van der Waals surface area contributed by atoms with Gasteiger partial charge in [0, 0.05) is 17.3 Å². The molecule has 1 heterocycles. The fourth-order valence-electron chi connectivity index (χ4n) is 1.36. The number of aromatic nitrogens is 1. The summed E-state index contributed by atoms with van der Waals surface area (Å²) in [5, 5.41) is 1.57. The third-order valence-electron chi connectivity index (χ3n) is 2.16. The molecular weight excluding hydrogens is 164 g/mol. The molecule has 0 bridgehead atoms. The van der Waals surface area contributed by atoms with Crippen molar-refractivity contribution in [2.75, 3.05) is 5.73 Å². The Morgan fingerprint density at radius 1 is 1.38 bits per heavy atom. The van der Waals surface area contributed by atoms with Crippen LogP contribution >= 0.6 is 0 Å². The van der Waals surface area contributed by atoms with Crippen molar-refractivity contribution in [1.82, 2.24) is 4.98 Å². The lowest BCUT2D eigenvalue weighted by Crippen LogP contribution is -2.05. The average molecular weight is 174 g/mol. The van der Waals surface area contributed by atoms with Gasteiger partial charge in [0.2, 0.25) is 0 Å². The van der Waals surface area contributed by atoms with Crippen LogP contribution in [0, 0.1) is 6.92 Å². The number of fused-ring (bicyclic) bond motifs is 1. The third-order valence-corrected chi connectivity index (χ3v) is 2.16. The summed E-state index contributed by atoms with van der Waals surface area (Å²) in [5.74, 6) is 0. The third kappa shape index (κ3) is 1.18. The Labute approximate surface area is 75.2 Å². The number of hydrogen-bond donors (Lipinski definition) is 2. The maximum atomic E-state index is 11.3. The molecule has 0 unspecified atom stereocenters. The standard InChI is InChI=1S/C10H10N2O/c1-6-4-8-7(5-9(6)11)2-3-12-10(8)13/h2-5H,11H2,1H3,(H,12,13). The monoisotopic (exact) mass is 174 g/mol. The van der Waals surface area contributed by atoms with Crippen molar-refractivity contribution in [3.63, 3.8) is 0 Å². The molecule has 3 nitrogen and oxygen atoms in total. The second-order valence-corrected chi connectivity index (χ2v) is 3.10. The van der Waals surface area contributed by atoms with Crippen LogP contribution in [-0.4, -0.2) is 4.98 Å². The van der Waals surface area contributed by atoms with Crippen molar-refractivity contribution in [2.24, 2.45) is 0 Å². The molecule has 0 fully saturated rings. The van der Waals surface area contributed by atoms with Gasteiger partial charge in [-0.15, -0.1) is 0 Å². The van der Waals surface area contributed by atoms with E-state index < -0.39 is 0 Å². The smallest absolute Gasteiger partial charge is 0.255 e. The Morgan fingerprint density at radius 2 is 2.15 bits per heavy atom. The summed E-state index contributed by atoms with van der Waals surface area (Å²) in [5.41, 5.74) is 7.31. The van der Waals surface area contributed by atoms with E-state index in [0.717, 1.165) is 16.6 Å². The zero-order valence-corrected chi connectivity index (χ0v) is 7.29. The normalized spacial score (nSPS) is 10.5. The van der Waals surface area contributed by atoms with Gasteiger partial charge < -0.3 is 10.7 Å². The molecule has 0 radical (unpaired) electrons. The number of aryl methyl sites for hydroxylation is 1. The van der Waals surface area contributed by atoms with Crippen molar-refractivity contribution in [3.8, 4) is 0 Å². The molecule has 0 spiro atoms. The number of pyridine rings is 1. The lowest BCUT2D eigenvalue weighted by atomic mass is 10.1. The molecule has 0 atom stereocenters. The first kappa shape index (κ1) is 7.86. The van der Waals surface area contributed by atoms with E-state index in [1.807, 2.05) is 25.1 Å². The van der Waals surface area contributed by atoms with Crippen molar-refractivity contribution in [3.05, 3.63) is 40.3 Å². The highest BCUT2D eigenvalue weighted by Crippen LogP contribution is 2.17. The fraction of sp³-hybridized carbons (Fsp3) is 0.100. The quantitative estimate of drug-likeness (QED) is 0.593. The molecule has 0 aliphatic carbocycles. The minimum atomic E-state index is -0.0689. The highest BCUT2D eigenvalue weighted by atomic mass is 16.1. The largest absolute Gasteiger partial charge is 0.398 e. The molecule has 2 aromatic rings. The Morgan fingerprint density at radius 3 is 2.92 bits per heavy atom. The zero-order chi connectivity index (χ0) is 9.42. The predicted molar refractivity (Wildman–Crippen MR) is 53.7 cm³/mol. The number of H-pyrrole nitrogens is 1. The van der Waals surface area contributed by atoms with Crippen LogP contribution < -0.4 is 11.3 Å². The number of hydrogen-bond acceptors (Lipinski definition) is 2. The van der Waals surface area contributed by atoms with Gasteiger partial charge in [-0.3, -0.25) is 4.79 Å². The van der Waals surface area contributed by atoms with E-state index in [1.54, 1.807) is 6.20 Å². The molecule has 1 aromatic carbocycles. The number of nitrogen functional groups attached to an aromatic ring is 1. The average Bonchev–Trinajstić information content (AvgIpc) is 2.09. The second-order valence-electron chi connectivity index (χ2n) is 3.10. The van der Waals surface area contributed by atoms with Crippen molar-refractivity contribution in [1.29, 1.82) is 0 Å². The molecule has 0 saturated carbocycles. The van der Waals surface area contributed by atoms with E-state index in [-0.39, 0.29) is 5.56 Å². The lowest BCUT2D eigenvalue weighted by molar-refractivity contribution is 1.27. The summed E-state index contributed by atoms with van der Waals surface area (Å²) in [6.45, 7) is 1.89.